The van der Waals surface area contributed by atoms with Gasteiger partial charge in [0.2, 0.25) is 23.2 Å². The Hall–Kier alpha value is -3.27. The van der Waals surface area contributed by atoms with Gasteiger partial charge in [0, 0.05) is 25.1 Å². The molecule has 0 aliphatic carbocycles. The van der Waals surface area contributed by atoms with Gasteiger partial charge in [-0.05, 0) is 11.6 Å². The van der Waals surface area contributed by atoms with Gasteiger partial charge in [-0.2, -0.15) is 0 Å². The lowest BCUT2D eigenvalue weighted by Crippen LogP contribution is -2.38. The lowest BCUT2D eigenvalue weighted by molar-refractivity contribution is -0.217. The maximum atomic E-state index is 11.2. The Balaban J connectivity index is 2.13. The minimum absolute atomic E-state index is 0.0827. The Morgan fingerprint density at radius 1 is 1.22 bits per heavy atom. The van der Waals surface area contributed by atoms with Crippen molar-refractivity contribution in [2.24, 2.45) is 5.73 Å². The van der Waals surface area contributed by atoms with Gasteiger partial charge in [-0.3, -0.25) is 4.79 Å². The van der Waals surface area contributed by atoms with E-state index in [0.29, 0.717) is 12.1 Å². The lowest BCUT2D eigenvalue weighted by atomic mass is 9.97. The number of benzene rings is 2. The van der Waals surface area contributed by atoms with Crippen molar-refractivity contribution >= 4 is 11.7 Å². The van der Waals surface area contributed by atoms with E-state index in [2.05, 4.69) is 0 Å². The van der Waals surface area contributed by atoms with E-state index in [1.165, 1.54) is 6.92 Å². The van der Waals surface area contributed by atoms with E-state index in [1.54, 1.807) is 24.3 Å². The average molecular weight is 374 g/mol. The highest BCUT2D eigenvalue weighted by Gasteiger charge is 2.41. The maximum Gasteiger partial charge on any atom is 0.244 e. The molecule has 0 fully saturated rings. The zero-order valence-electron chi connectivity index (χ0n) is 14.3. The highest BCUT2D eigenvalue weighted by atomic mass is 16.7. The van der Waals surface area contributed by atoms with Crippen LogP contribution in [0.4, 0.5) is 0 Å². The van der Waals surface area contributed by atoms with Crippen LogP contribution in [0.3, 0.4) is 0 Å². The number of rotatable bonds is 4. The minimum Gasteiger partial charge on any atom is -0.504 e. The number of carbonyl (C=O) groups excluding carboxylic acids is 1. The molecule has 1 heterocycles. The third kappa shape index (κ3) is 3.38. The summed E-state index contributed by atoms with van der Waals surface area (Å²) in [5.41, 5.74) is 8.74. The van der Waals surface area contributed by atoms with Crippen LogP contribution in [0.25, 0.3) is 5.76 Å². The van der Waals surface area contributed by atoms with Gasteiger partial charge in [-0.1, -0.05) is 24.3 Å². The van der Waals surface area contributed by atoms with Crippen LogP contribution in [0.15, 0.2) is 36.4 Å². The van der Waals surface area contributed by atoms with Crippen LogP contribution >= 0.6 is 0 Å². The molecule has 1 atom stereocenters. The van der Waals surface area contributed by atoms with E-state index in [1.807, 2.05) is 5.48 Å². The molecule has 3 rings (SSSR count). The Morgan fingerprint density at radius 2 is 1.89 bits per heavy atom. The zero-order chi connectivity index (χ0) is 19.8. The number of phenolic OH excluding ortho intramolecular Hbond substituents is 3. The molecule has 1 aliphatic rings. The first-order valence-electron chi connectivity index (χ1n) is 7.90. The topological polar surface area (TPSA) is 154 Å². The zero-order valence-corrected chi connectivity index (χ0v) is 14.3. The van der Waals surface area contributed by atoms with Crippen LogP contribution in [-0.4, -0.2) is 26.3 Å². The first kappa shape index (κ1) is 18.5. The molecule has 0 spiro atoms. The second-order valence-electron chi connectivity index (χ2n) is 5.94. The third-order valence-electron chi connectivity index (χ3n) is 3.96. The fraction of sp³-hybridized carbons (Fsp3) is 0.167. The molecule has 9 heteroatoms. The van der Waals surface area contributed by atoms with Gasteiger partial charge >= 0.3 is 0 Å². The van der Waals surface area contributed by atoms with Gasteiger partial charge in [0.15, 0.2) is 11.5 Å². The summed E-state index contributed by atoms with van der Waals surface area (Å²) in [5.74, 6) is -5.45. The molecular weight excluding hydrogens is 356 g/mol. The van der Waals surface area contributed by atoms with Gasteiger partial charge in [0.1, 0.15) is 5.76 Å². The first-order valence-corrected chi connectivity index (χ1v) is 7.90. The van der Waals surface area contributed by atoms with Gasteiger partial charge in [0.25, 0.3) is 0 Å². The Kier molecular flexibility index (Phi) is 4.66. The smallest absolute Gasteiger partial charge is 0.244 e. The second-order valence-corrected chi connectivity index (χ2v) is 5.94. The van der Waals surface area contributed by atoms with Crippen LogP contribution in [0.1, 0.15) is 23.6 Å². The largest absolute Gasteiger partial charge is 0.504 e. The lowest BCUT2D eigenvalue weighted by Gasteiger charge is -2.32. The van der Waals surface area contributed by atoms with Crippen molar-refractivity contribution in [2.75, 3.05) is 0 Å². The molecule has 27 heavy (non-hydrogen) atoms. The summed E-state index contributed by atoms with van der Waals surface area (Å²) in [7, 11) is 0. The number of ether oxygens (including phenoxy) is 1. The number of hydrogen-bond donors (Lipinski definition) is 6. The molecule has 1 unspecified atom stereocenters. The number of nitrogens with two attached hydrogens (primary N) is 1. The highest BCUT2D eigenvalue weighted by Crippen LogP contribution is 2.52. The number of amides is 1. The van der Waals surface area contributed by atoms with Crippen LogP contribution in [-0.2, 0) is 22.0 Å². The highest BCUT2D eigenvalue weighted by molar-refractivity contribution is 5.73. The van der Waals surface area contributed by atoms with Gasteiger partial charge in [-0.15, -0.1) is 0 Å². The van der Waals surface area contributed by atoms with Crippen molar-refractivity contribution in [2.45, 2.75) is 19.3 Å². The quantitative estimate of drug-likeness (QED) is 0.262. The summed E-state index contributed by atoms with van der Waals surface area (Å²) in [4.78, 5) is 16.3. The summed E-state index contributed by atoms with van der Waals surface area (Å²) < 4.78 is 5.62. The van der Waals surface area contributed by atoms with Crippen LogP contribution in [0, 0.1) is 0 Å². The maximum absolute atomic E-state index is 11.2. The molecule has 2 aromatic carbocycles. The van der Waals surface area contributed by atoms with Crippen molar-refractivity contribution in [1.82, 2.24) is 5.48 Å². The molecule has 0 saturated heterocycles. The molecule has 1 aliphatic heterocycles. The van der Waals surface area contributed by atoms with Crippen LogP contribution in [0.5, 0.6) is 23.0 Å². The Labute approximate surface area is 153 Å². The Bertz CT molecular complexity index is 924. The van der Waals surface area contributed by atoms with Gasteiger partial charge in [-0.25, -0.2) is 10.3 Å². The van der Waals surface area contributed by atoms with E-state index < -0.39 is 28.9 Å². The fourth-order valence-corrected chi connectivity index (χ4v) is 2.57. The number of aliphatic hydroxyl groups is 1. The van der Waals surface area contributed by atoms with E-state index in [4.69, 9.17) is 15.3 Å². The number of fused-ring (bicyclic) bond motifs is 1. The summed E-state index contributed by atoms with van der Waals surface area (Å²) in [6.07, 6.45) is 1.15. The predicted octanol–water partition coefficient (Wildman–Crippen LogP) is 0.908. The van der Waals surface area contributed by atoms with Crippen molar-refractivity contribution in [3.8, 4) is 23.0 Å². The summed E-state index contributed by atoms with van der Waals surface area (Å²) in [6, 6.07) is 7.80. The van der Waals surface area contributed by atoms with Crippen molar-refractivity contribution < 1.29 is 34.8 Å². The molecule has 0 aromatic heterocycles. The SMILES string of the molecule is CC(=O)NOC1(O)C=C(c2ccc(CN)cc2)Oc2c1cc(O)c(O)c2O. The minimum atomic E-state index is -2.29. The standard InChI is InChI=1S/C18H18N2O7/c1-9(21)20-27-18(25)7-14(11-4-2-10(8-19)3-5-11)26-17-12(18)6-13(22)15(23)16(17)24/h2-7,22-25H,8,19H2,1H3,(H,20,21). The molecule has 0 radical (unpaired) electrons. The number of phenols is 3. The summed E-state index contributed by atoms with van der Waals surface area (Å²) >= 11 is 0. The van der Waals surface area contributed by atoms with Crippen molar-refractivity contribution in [3.05, 3.63) is 53.1 Å². The van der Waals surface area contributed by atoms with E-state index in [-0.39, 0.29) is 17.1 Å². The van der Waals surface area contributed by atoms with Crippen molar-refractivity contribution in [1.29, 1.82) is 0 Å². The molecule has 9 nitrogen and oxygen atoms in total. The van der Waals surface area contributed by atoms with E-state index >= 15 is 0 Å². The summed E-state index contributed by atoms with van der Waals surface area (Å²) in [6.45, 7) is 1.51. The van der Waals surface area contributed by atoms with Crippen LogP contribution < -0.4 is 16.0 Å². The van der Waals surface area contributed by atoms with E-state index in [0.717, 1.165) is 17.7 Å². The predicted molar refractivity (Wildman–Crippen MR) is 93.2 cm³/mol. The molecule has 0 bridgehead atoms. The number of hydrogen-bond acceptors (Lipinski definition) is 8. The molecule has 0 saturated carbocycles. The van der Waals surface area contributed by atoms with Gasteiger partial charge in [0.05, 0.1) is 5.56 Å². The fourth-order valence-electron chi connectivity index (χ4n) is 2.57. The number of aromatic hydroxyl groups is 3. The normalized spacial score (nSPS) is 18.3. The number of nitrogens with one attached hydrogen (secondary N) is 1. The van der Waals surface area contributed by atoms with Crippen LogP contribution in [0.2, 0.25) is 0 Å². The first-order chi connectivity index (χ1) is 12.7. The Morgan fingerprint density at radius 3 is 2.48 bits per heavy atom. The number of carbonyl (C=O) groups is 1. The van der Waals surface area contributed by atoms with E-state index in [9.17, 15) is 25.2 Å². The third-order valence-corrected chi connectivity index (χ3v) is 3.96. The molecule has 7 N–H and O–H groups in total. The monoisotopic (exact) mass is 374 g/mol. The second kappa shape index (κ2) is 6.80. The summed E-state index contributed by atoms with van der Waals surface area (Å²) in [5, 5.41) is 40.6. The molecule has 2 aromatic rings. The molecular formula is C18H18N2O7. The van der Waals surface area contributed by atoms with Gasteiger partial charge < -0.3 is 30.9 Å². The van der Waals surface area contributed by atoms with Crippen molar-refractivity contribution in [3.63, 3.8) is 0 Å². The molecule has 142 valence electrons. The number of hydroxylamine groups is 1. The molecule has 1 amide bonds. The average Bonchev–Trinajstić information content (AvgIpc) is 2.65.